The van der Waals surface area contributed by atoms with Gasteiger partial charge in [-0.2, -0.15) is 0 Å². The van der Waals surface area contributed by atoms with E-state index in [-0.39, 0.29) is 11.6 Å². The first kappa shape index (κ1) is 14.4. The third kappa shape index (κ3) is 2.84. The third-order valence-corrected chi connectivity index (χ3v) is 4.32. The van der Waals surface area contributed by atoms with Gasteiger partial charge in [0, 0.05) is 29.8 Å². The van der Waals surface area contributed by atoms with Crippen LogP contribution in [-0.2, 0) is 0 Å². The molecular weight excluding hydrogens is 324 g/mol. The Kier molecular flexibility index (Phi) is 3.68. The predicted octanol–water partition coefficient (Wildman–Crippen LogP) is 3.84. The molecule has 0 radical (unpaired) electrons. The summed E-state index contributed by atoms with van der Waals surface area (Å²) in [5, 5.41) is 8.58. The summed E-state index contributed by atoms with van der Waals surface area (Å²) < 4.78 is 7.11. The van der Waals surface area contributed by atoms with Gasteiger partial charge in [0.15, 0.2) is 11.5 Å². The molecule has 6 nitrogen and oxygen atoms in total. The molecule has 0 aliphatic carbocycles. The molecule has 1 N–H and O–H groups in total. The number of carbonyl (C=O) groups is 1. The van der Waals surface area contributed by atoms with Crippen LogP contribution in [0.2, 0.25) is 0 Å². The Morgan fingerprint density at radius 1 is 1.21 bits per heavy atom. The van der Waals surface area contributed by atoms with Crippen molar-refractivity contribution in [3.05, 3.63) is 72.3 Å². The fourth-order valence-corrected chi connectivity index (χ4v) is 2.91. The number of benzene rings is 1. The monoisotopic (exact) mass is 336 g/mol. The van der Waals surface area contributed by atoms with Crippen molar-refractivity contribution >= 4 is 22.9 Å². The quantitative estimate of drug-likeness (QED) is 0.614. The zero-order valence-electron chi connectivity index (χ0n) is 12.4. The van der Waals surface area contributed by atoms with Crippen LogP contribution in [0, 0.1) is 0 Å². The first-order valence-electron chi connectivity index (χ1n) is 7.20. The van der Waals surface area contributed by atoms with Crippen molar-refractivity contribution in [2.75, 3.05) is 5.32 Å². The lowest BCUT2D eigenvalue weighted by Crippen LogP contribution is -2.12. The van der Waals surface area contributed by atoms with Crippen molar-refractivity contribution in [1.29, 1.82) is 0 Å². The van der Waals surface area contributed by atoms with Crippen molar-refractivity contribution in [3.63, 3.8) is 0 Å². The van der Waals surface area contributed by atoms with Crippen molar-refractivity contribution in [2.24, 2.45) is 0 Å². The zero-order valence-corrected chi connectivity index (χ0v) is 13.2. The highest BCUT2D eigenvalue weighted by Gasteiger charge is 2.14. The number of anilines is 1. The molecule has 1 aromatic carbocycles. The van der Waals surface area contributed by atoms with Crippen molar-refractivity contribution in [1.82, 2.24) is 14.7 Å². The number of thiophene rings is 1. The number of hydrogen-bond acceptors (Lipinski definition) is 5. The molecule has 24 heavy (non-hydrogen) atoms. The molecule has 0 bridgehead atoms. The number of amides is 1. The van der Waals surface area contributed by atoms with Gasteiger partial charge in [-0.1, -0.05) is 11.2 Å². The molecule has 0 fully saturated rings. The largest absolute Gasteiger partial charge is 0.355 e. The van der Waals surface area contributed by atoms with Crippen LogP contribution in [0.5, 0.6) is 0 Å². The first-order valence-corrected chi connectivity index (χ1v) is 8.08. The molecule has 0 saturated carbocycles. The summed E-state index contributed by atoms with van der Waals surface area (Å²) in [6, 6.07) is 12.9. The molecule has 0 atom stereocenters. The standard InChI is InChI=1S/C17H12N4O2S/c22-17(14-10-15(23-20-14)16-2-1-9-24-16)19-12-3-5-13(6-4-12)21-8-7-18-11-21/h1-11H,(H,19,22). The van der Waals surface area contributed by atoms with Crippen LogP contribution < -0.4 is 5.32 Å². The molecule has 4 rings (SSSR count). The molecule has 0 spiro atoms. The van der Waals surface area contributed by atoms with Gasteiger partial charge in [-0.3, -0.25) is 4.79 Å². The molecule has 3 heterocycles. The van der Waals surface area contributed by atoms with E-state index in [0.29, 0.717) is 11.4 Å². The van der Waals surface area contributed by atoms with Gasteiger partial charge < -0.3 is 14.4 Å². The number of aromatic nitrogens is 3. The topological polar surface area (TPSA) is 73.0 Å². The number of rotatable bonds is 4. The predicted molar refractivity (Wildman–Crippen MR) is 91.3 cm³/mol. The number of nitrogens with zero attached hydrogens (tertiary/aromatic N) is 3. The Morgan fingerprint density at radius 3 is 2.79 bits per heavy atom. The average molecular weight is 336 g/mol. The number of imidazole rings is 1. The summed E-state index contributed by atoms with van der Waals surface area (Å²) in [5.74, 6) is 0.280. The van der Waals surface area contributed by atoms with E-state index in [4.69, 9.17) is 4.52 Å². The normalized spacial score (nSPS) is 10.7. The Hall–Kier alpha value is -3.19. The minimum Gasteiger partial charge on any atom is -0.355 e. The van der Waals surface area contributed by atoms with Crippen LogP contribution in [0.15, 0.2) is 71.1 Å². The Balaban J connectivity index is 1.48. The summed E-state index contributed by atoms with van der Waals surface area (Å²) in [7, 11) is 0. The number of carbonyl (C=O) groups excluding carboxylic acids is 1. The minimum absolute atomic E-state index is 0.247. The average Bonchev–Trinajstić information content (AvgIpc) is 3.35. The van der Waals surface area contributed by atoms with Gasteiger partial charge in [-0.05, 0) is 35.7 Å². The maximum atomic E-state index is 12.3. The van der Waals surface area contributed by atoms with Crippen LogP contribution in [0.1, 0.15) is 10.5 Å². The Morgan fingerprint density at radius 2 is 2.08 bits per heavy atom. The highest BCUT2D eigenvalue weighted by molar-refractivity contribution is 7.13. The van der Waals surface area contributed by atoms with Gasteiger partial charge >= 0.3 is 0 Å². The van der Waals surface area contributed by atoms with Crippen LogP contribution in [0.4, 0.5) is 5.69 Å². The first-order chi connectivity index (χ1) is 11.8. The maximum absolute atomic E-state index is 12.3. The van der Waals surface area contributed by atoms with Crippen molar-refractivity contribution in [2.45, 2.75) is 0 Å². The second-order valence-electron chi connectivity index (χ2n) is 5.02. The maximum Gasteiger partial charge on any atom is 0.277 e. The fourth-order valence-electron chi connectivity index (χ4n) is 2.24. The molecule has 7 heteroatoms. The van der Waals surface area contributed by atoms with Gasteiger partial charge in [-0.25, -0.2) is 4.98 Å². The molecule has 118 valence electrons. The van der Waals surface area contributed by atoms with Crippen molar-refractivity contribution < 1.29 is 9.32 Å². The van der Waals surface area contributed by atoms with Crippen LogP contribution in [0.25, 0.3) is 16.3 Å². The van der Waals surface area contributed by atoms with E-state index in [1.54, 1.807) is 18.6 Å². The third-order valence-electron chi connectivity index (χ3n) is 3.43. The smallest absolute Gasteiger partial charge is 0.277 e. The summed E-state index contributed by atoms with van der Waals surface area (Å²) in [5.41, 5.74) is 1.90. The Labute approximate surface area is 141 Å². The van der Waals surface area contributed by atoms with E-state index in [0.717, 1.165) is 10.6 Å². The van der Waals surface area contributed by atoms with Crippen LogP contribution >= 0.6 is 11.3 Å². The molecule has 4 aromatic rings. The molecular formula is C17H12N4O2S. The second-order valence-corrected chi connectivity index (χ2v) is 5.97. The van der Waals surface area contributed by atoms with Gasteiger partial charge in [-0.15, -0.1) is 11.3 Å². The number of nitrogens with one attached hydrogen (secondary N) is 1. The highest BCUT2D eigenvalue weighted by atomic mass is 32.1. The summed E-state index contributed by atoms with van der Waals surface area (Å²) in [6.45, 7) is 0. The second kappa shape index (κ2) is 6.13. The Bertz CT molecular complexity index is 941. The van der Waals surface area contributed by atoms with Gasteiger partial charge in [0.2, 0.25) is 0 Å². The van der Waals surface area contributed by atoms with E-state index in [2.05, 4.69) is 15.5 Å². The van der Waals surface area contributed by atoms with Crippen molar-refractivity contribution in [3.8, 4) is 16.3 Å². The lowest BCUT2D eigenvalue weighted by molar-refractivity contribution is 0.101. The van der Waals surface area contributed by atoms with E-state index < -0.39 is 0 Å². The van der Waals surface area contributed by atoms with Crippen LogP contribution in [0.3, 0.4) is 0 Å². The van der Waals surface area contributed by atoms with E-state index >= 15 is 0 Å². The molecule has 0 saturated heterocycles. The molecule has 3 aromatic heterocycles. The lowest BCUT2D eigenvalue weighted by Gasteiger charge is -2.05. The van der Waals surface area contributed by atoms with E-state index in [1.807, 2.05) is 52.5 Å². The summed E-state index contributed by atoms with van der Waals surface area (Å²) in [4.78, 5) is 17.2. The summed E-state index contributed by atoms with van der Waals surface area (Å²) in [6.07, 6.45) is 5.29. The highest BCUT2D eigenvalue weighted by Crippen LogP contribution is 2.25. The minimum atomic E-state index is -0.308. The van der Waals surface area contributed by atoms with Gasteiger partial charge in [0.25, 0.3) is 5.91 Å². The molecule has 0 aliphatic heterocycles. The van der Waals surface area contributed by atoms with Gasteiger partial charge in [0.05, 0.1) is 11.2 Å². The molecule has 0 aliphatic rings. The van der Waals surface area contributed by atoms with Gasteiger partial charge in [0.1, 0.15) is 0 Å². The molecule has 0 unspecified atom stereocenters. The SMILES string of the molecule is O=C(Nc1ccc(-n2ccnc2)cc1)c1cc(-c2cccs2)on1. The molecule has 1 amide bonds. The fraction of sp³-hybridized carbons (Fsp3) is 0. The summed E-state index contributed by atoms with van der Waals surface area (Å²) >= 11 is 1.53. The number of hydrogen-bond donors (Lipinski definition) is 1. The lowest BCUT2D eigenvalue weighted by atomic mass is 10.2. The van der Waals surface area contributed by atoms with E-state index in [9.17, 15) is 4.79 Å². The van der Waals surface area contributed by atoms with E-state index in [1.165, 1.54) is 11.3 Å². The van der Waals surface area contributed by atoms with Crippen LogP contribution in [-0.4, -0.2) is 20.6 Å². The zero-order chi connectivity index (χ0) is 16.4.